The summed E-state index contributed by atoms with van der Waals surface area (Å²) in [5.74, 6) is 0.593. The van der Waals surface area contributed by atoms with Crippen LogP contribution in [0, 0.1) is 5.41 Å². The molecule has 0 aromatic heterocycles. The maximum atomic E-state index is 6.88. The molecule has 44 valence electrons. The van der Waals surface area contributed by atoms with Gasteiger partial charge in [-0.05, 0) is 6.92 Å². The van der Waals surface area contributed by atoms with E-state index in [1.807, 2.05) is 14.1 Å². The lowest BCUT2D eigenvalue weighted by atomic mass is 10.6. The van der Waals surface area contributed by atoms with E-state index >= 15 is 0 Å². The molecule has 0 unspecified atom stereocenters. The second-order valence-electron chi connectivity index (χ2n) is 1.48. The molecular formula is C4H13N3. The Kier molecular flexibility index (Phi) is 4.99. The van der Waals surface area contributed by atoms with E-state index in [1.165, 1.54) is 0 Å². The van der Waals surface area contributed by atoms with Gasteiger partial charge in [0.15, 0.2) is 0 Å². The lowest BCUT2D eigenvalue weighted by molar-refractivity contribution is 0.613. The van der Waals surface area contributed by atoms with Crippen LogP contribution in [0.5, 0.6) is 0 Å². The molecule has 0 aliphatic carbocycles. The summed E-state index contributed by atoms with van der Waals surface area (Å²) in [5, 5.41) is 6.88. The quantitative estimate of drug-likeness (QED) is 0.350. The van der Waals surface area contributed by atoms with Gasteiger partial charge in [-0.2, -0.15) is 0 Å². The monoisotopic (exact) mass is 103 g/mol. The smallest absolute Gasteiger partial charge is 0.0920 e. The van der Waals surface area contributed by atoms with Gasteiger partial charge in [0.2, 0.25) is 0 Å². The van der Waals surface area contributed by atoms with Gasteiger partial charge in [0, 0.05) is 14.1 Å². The van der Waals surface area contributed by atoms with Crippen molar-refractivity contribution >= 4 is 5.84 Å². The topological polar surface area (TPSA) is 62.1 Å². The molecule has 0 rings (SSSR count). The van der Waals surface area contributed by atoms with Crippen molar-refractivity contribution in [2.75, 3.05) is 14.1 Å². The Hall–Kier alpha value is -0.570. The minimum absolute atomic E-state index is 0. The summed E-state index contributed by atoms with van der Waals surface area (Å²) in [6.07, 6.45) is 0. The third-order valence-electron chi connectivity index (χ3n) is 0.671. The van der Waals surface area contributed by atoms with Crippen molar-refractivity contribution < 1.29 is 0 Å². The molecule has 0 amide bonds. The molecule has 0 saturated heterocycles. The minimum Gasteiger partial charge on any atom is -0.367 e. The highest BCUT2D eigenvalue weighted by atomic mass is 15.1. The maximum absolute atomic E-state index is 6.88. The van der Waals surface area contributed by atoms with E-state index < -0.39 is 0 Å². The average molecular weight is 103 g/mol. The zero-order valence-corrected chi connectivity index (χ0v) is 5.15. The number of nitrogens with zero attached hydrogens (tertiary/aromatic N) is 1. The molecule has 7 heavy (non-hydrogen) atoms. The van der Waals surface area contributed by atoms with Crippen LogP contribution in [-0.4, -0.2) is 24.8 Å². The van der Waals surface area contributed by atoms with Crippen molar-refractivity contribution in [3.8, 4) is 0 Å². The van der Waals surface area contributed by atoms with Gasteiger partial charge in [-0.25, -0.2) is 0 Å². The molecule has 0 aromatic carbocycles. The highest BCUT2D eigenvalue weighted by molar-refractivity contribution is 5.75. The summed E-state index contributed by atoms with van der Waals surface area (Å²) < 4.78 is 0. The normalized spacial score (nSPS) is 6.71. The predicted molar refractivity (Wildman–Crippen MR) is 32.1 cm³/mol. The summed E-state index contributed by atoms with van der Waals surface area (Å²) in [6, 6.07) is 0. The van der Waals surface area contributed by atoms with E-state index in [-0.39, 0.29) is 6.15 Å². The Bertz CT molecular complexity index is 58.0. The fourth-order valence-corrected chi connectivity index (χ4v) is 0. The fourth-order valence-electron chi connectivity index (χ4n) is 0. The summed E-state index contributed by atoms with van der Waals surface area (Å²) in [7, 11) is 3.70. The van der Waals surface area contributed by atoms with Gasteiger partial charge in [0.05, 0.1) is 5.84 Å². The van der Waals surface area contributed by atoms with Crippen molar-refractivity contribution in [3.05, 3.63) is 0 Å². The van der Waals surface area contributed by atoms with Crippen LogP contribution in [0.1, 0.15) is 6.92 Å². The molecule has 0 aromatic rings. The molecule has 0 fully saturated rings. The van der Waals surface area contributed by atoms with Crippen LogP contribution in [-0.2, 0) is 0 Å². The van der Waals surface area contributed by atoms with Crippen LogP contribution in [0.3, 0.4) is 0 Å². The number of amidine groups is 1. The zero-order chi connectivity index (χ0) is 5.15. The third-order valence-corrected chi connectivity index (χ3v) is 0.671. The third kappa shape index (κ3) is 5.43. The van der Waals surface area contributed by atoms with Crippen molar-refractivity contribution in [1.82, 2.24) is 11.1 Å². The first-order chi connectivity index (χ1) is 2.64. The van der Waals surface area contributed by atoms with Crippen LogP contribution < -0.4 is 6.15 Å². The van der Waals surface area contributed by atoms with Gasteiger partial charge in [0.1, 0.15) is 0 Å². The molecule has 0 atom stereocenters. The maximum Gasteiger partial charge on any atom is 0.0920 e. The van der Waals surface area contributed by atoms with Gasteiger partial charge in [0.25, 0.3) is 0 Å². The van der Waals surface area contributed by atoms with E-state index in [0.717, 1.165) is 0 Å². The van der Waals surface area contributed by atoms with Crippen molar-refractivity contribution in [2.24, 2.45) is 0 Å². The van der Waals surface area contributed by atoms with Crippen molar-refractivity contribution in [2.45, 2.75) is 6.92 Å². The fraction of sp³-hybridized carbons (Fsp3) is 0.750. The second-order valence-corrected chi connectivity index (χ2v) is 1.48. The lowest BCUT2D eigenvalue weighted by Crippen LogP contribution is -2.16. The highest BCUT2D eigenvalue weighted by Gasteiger charge is 1.81. The first-order valence-corrected chi connectivity index (χ1v) is 1.87. The molecular weight excluding hydrogens is 90.1 g/mol. The van der Waals surface area contributed by atoms with E-state index in [1.54, 1.807) is 11.8 Å². The molecule has 0 aliphatic rings. The average Bonchev–Trinajstić information content (AvgIpc) is 1.36. The van der Waals surface area contributed by atoms with Gasteiger partial charge >= 0.3 is 0 Å². The van der Waals surface area contributed by atoms with Gasteiger partial charge in [-0.15, -0.1) is 0 Å². The molecule has 0 heterocycles. The minimum atomic E-state index is 0. The Balaban J connectivity index is 0. The Labute approximate surface area is 44.4 Å². The summed E-state index contributed by atoms with van der Waals surface area (Å²) in [6.45, 7) is 1.75. The van der Waals surface area contributed by atoms with Crippen LogP contribution in [0.25, 0.3) is 0 Å². The van der Waals surface area contributed by atoms with Crippen LogP contribution >= 0.6 is 0 Å². The summed E-state index contributed by atoms with van der Waals surface area (Å²) in [5.41, 5.74) is 0. The largest absolute Gasteiger partial charge is 0.367 e. The molecule has 0 bridgehead atoms. The van der Waals surface area contributed by atoms with Crippen LogP contribution in [0.4, 0.5) is 0 Å². The highest BCUT2D eigenvalue weighted by Crippen LogP contribution is 1.70. The Morgan fingerprint density at radius 3 is 1.57 bits per heavy atom. The number of rotatable bonds is 0. The molecule has 0 saturated carbocycles. The van der Waals surface area contributed by atoms with Gasteiger partial charge < -0.3 is 11.1 Å². The van der Waals surface area contributed by atoms with Crippen LogP contribution in [0.15, 0.2) is 0 Å². The molecule has 4 N–H and O–H groups in total. The molecule has 3 heteroatoms. The Morgan fingerprint density at radius 2 is 1.57 bits per heavy atom. The second kappa shape index (κ2) is 3.61. The Morgan fingerprint density at radius 1 is 1.43 bits per heavy atom. The van der Waals surface area contributed by atoms with Crippen LogP contribution in [0.2, 0.25) is 0 Å². The van der Waals surface area contributed by atoms with E-state index in [4.69, 9.17) is 5.41 Å². The summed E-state index contributed by atoms with van der Waals surface area (Å²) in [4.78, 5) is 1.75. The number of hydrogen-bond acceptors (Lipinski definition) is 2. The van der Waals surface area contributed by atoms with Crippen molar-refractivity contribution in [3.63, 3.8) is 0 Å². The van der Waals surface area contributed by atoms with Crippen molar-refractivity contribution in [1.29, 1.82) is 5.41 Å². The standard InChI is InChI=1S/C4H10N2.H3N/c1-4(5)6(2)3;/h5H,1-3H3;1H3. The predicted octanol–water partition coefficient (Wildman–Crippen LogP) is 0.707. The van der Waals surface area contributed by atoms with E-state index in [9.17, 15) is 0 Å². The van der Waals surface area contributed by atoms with E-state index in [2.05, 4.69) is 0 Å². The zero-order valence-electron chi connectivity index (χ0n) is 5.15. The number of nitrogens with one attached hydrogen (secondary N) is 1. The SMILES string of the molecule is CC(=N)N(C)C.N. The van der Waals surface area contributed by atoms with Gasteiger partial charge in [-0.3, -0.25) is 5.41 Å². The van der Waals surface area contributed by atoms with Gasteiger partial charge in [-0.1, -0.05) is 0 Å². The lowest BCUT2D eigenvalue weighted by Gasteiger charge is -2.06. The summed E-state index contributed by atoms with van der Waals surface area (Å²) >= 11 is 0. The molecule has 0 spiro atoms. The number of hydrogen-bond donors (Lipinski definition) is 2. The molecule has 3 nitrogen and oxygen atoms in total. The molecule has 0 radical (unpaired) electrons. The first-order valence-electron chi connectivity index (χ1n) is 1.87. The first kappa shape index (κ1) is 9.66. The van der Waals surface area contributed by atoms with E-state index in [0.29, 0.717) is 5.84 Å². The molecule has 0 aliphatic heterocycles.